The number of carbonyl (C=O) groups excluding carboxylic acids is 2. The Hall–Kier alpha value is -2.41. The van der Waals surface area contributed by atoms with Gasteiger partial charge in [0.2, 0.25) is 5.91 Å². The summed E-state index contributed by atoms with van der Waals surface area (Å²) in [5.74, 6) is -1.46. The van der Waals surface area contributed by atoms with E-state index in [4.69, 9.17) is 4.74 Å². The maximum absolute atomic E-state index is 12.1. The second-order valence-corrected chi connectivity index (χ2v) is 7.24. The Labute approximate surface area is 147 Å². The van der Waals surface area contributed by atoms with Crippen molar-refractivity contribution < 1.29 is 24.2 Å². The first-order valence-electron chi connectivity index (χ1n) is 8.10. The van der Waals surface area contributed by atoms with Gasteiger partial charge in [-0.3, -0.25) is 14.5 Å². The van der Waals surface area contributed by atoms with Crippen molar-refractivity contribution in [3.05, 3.63) is 35.4 Å². The van der Waals surface area contributed by atoms with E-state index in [0.717, 1.165) is 5.56 Å². The number of likely N-dealkylation sites (N-methyl/N-ethyl adjacent to an activating group) is 1. The Balaban J connectivity index is 2.04. The van der Waals surface area contributed by atoms with Crippen LogP contribution in [-0.4, -0.2) is 64.5 Å². The maximum atomic E-state index is 12.1. The van der Waals surface area contributed by atoms with Crippen molar-refractivity contribution in [3.63, 3.8) is 0 Å². The van der Waals surface area contributed by atoms with Crippen LogP contribution >= 0.6 is 0 Å². The second kappa shape index (κ2) is 7.23. The first kappa shape index (κ1) is 18.9. The van der Waals surface area contributed by atoms with Crippen molar-refractivity contribution in [3.8, 4) is 0 Å². The number of ether oxygens (including phenoxy) is 1. The van der Waals surface area contributed by atoms with Crippen molar-refractivity contribution in [2.24, 2.45) is 0 Å². The highest BCUT2D eigenvalue weighted by atomic mass is 16.6. The van der Waals surface area contributed by atoms with Gasteiger partial charge in [-0.05, 0) is 45.5 Å². The van der Waals surface area contributed by atoms with Crippen molar-refractivity contribution in [2.45, 2.75) is 39.0 Å². The van der Waals surface area contributed by atoms with Gasteiger partial charge in [0.05, 0.1) is 12.1 Å². The number of carboxylic acids is 1. The molecule has 1 unspecified atom stereocenters. The van der Waals surface area contributed by atoms with E-state index in [2.05, 4.69) is 0 Å². The van der Waals surface area contributed by atoms with E-state index in [1.165, 1.54) is 9.80 Å². The van der Waals surface area contributed by atoms with Crippen LogP contribution in [0.3, 0.4) is 0 Å². The summed E-state index contributed by atoms with van der Waals surface area (Å²) < 4.78 is 5.31. The summed E-state index contributed by atoms with van der Waals surface area (Å²) in [5.41, 5.74) is 0.703. The monoisotopic (exact) mass is 348 g/mol. The van der Waals surface area contributed by atoms with Gasteiger partial charge in [-0.1, -0.05) is 12.1 Å². The van der Waals surface area contributed by atoms with E-state index in [1.54, 1.807) is 52.1 Å². The zero-order chi connectivity index (χ0) is 18.8. The molecule has 1 aromatic carbocycles. The zero-order valence-electron chi connectivity index (χ0n) is 15.0. The summed E-state index contributed by atoms with van der Waals surface area (Å²) >= 11 is 0. The van der Waals surface area contributed by atoms with Gasteiger partial charge in [0.25, 0.3) is 0 Å². The average molecular weight is 348 g/mol. The van der Waals surface area contributed by atoms with Gasteiger partial charge in [0, 0.05) is 13.1 Å². The van der Waals surface area contributed by atoms with E-state index in [9.17, 15) is 19.5 Å². The summed E-state index contributed by atoms with van der Waals surface area (Å²) in [7, 11) is 1.63. The maximum Gasteiger partial charge on any atom is 0.338 e. The fraction of sp³-hybridized carbons (Fsp3) is 0.500. The number of rotatable bonds is 4. The molecule has 25 heavy (non-hydrogen) atoms. The van der Waals surface area contributed by atoms with Crippen LogP contribution in [0.5, 0.6) is 0 Å². The molecule has 2 rings (SSSR count). The van der Waals surface area contributed by atoms with Crippen LogP contribution in [0.25, 0.3) is 0 Å². The summed E-state index contributed by atoms with van der Waals surface area (Å²) in [6, 6.07) is 6.09. The number of piperazine rings is 1. The lowest BCUT2D eigenvalue weighted by atomic mass is 10.1. The molecule has 1 amide bonds. The molecule has 1 atom stereocenters. The third-order valence-electron chi connectivity index (χ3n) is 3.91. The molecule has 0 bridgehead atoms. The van der Waals surface area contributed by atoms with Gasteiger partial charge in [-0.25, -0.2) is 4.79 Å². The molecular formula is C18H24N2O5. The van der Waals surface area contributed by atoms with Crippen molar-refractivity contribution in [1.82, 2.24) is 9.80 Å². The van der Waals surface area contributed by atoms with Gasteiger partial charge in [-0.15, -0.1) is 0 Å². The first-order valence-corrected chi connectivity index (χ1v) is 8.10. The molecule has 7 nitrogen and oxygen atoms in total. The molecule has 1 heterocycles. The van der Waals surface area contributed by atoms with Crippen LogP contribution in [0, 0.1) is 0 Å². The van der Waals surface area contributed by atoms with Crippen LogP contribution in [0.15, 0.2) is 24.3 Å². The third-order valence-corrected chi connectivity index (χ3v) is 3.91. The fourth-order valence-electron chi connectivity index (χ4n) is 2.60. The topological polar surface area (TPSA) is 87.2 Å². The van der Waals surface area contributed by atoms with Gasteiger partial charge in [0.15, 0.2) is 0 Å². The normalized spacial score (nSPS) is 19.0. The summed E-state index contributed by atoms with van der Waals surface area (Å²) in [5, 5.41) is 9.24. The van der Waals surface area contributed by atoms with Crippen molar-refractivity contribution >= 4 is 17.8 Å². The molecular weight excluding hydrogens is 324 g/mol. The van der Waals surface area contributed by atoms with Crippen LogP contribution in [0.1, 0.15) is 36.7 Å². The predicted molar refractivity (Wildman–Crippen MR) is 91.1 cm³/mol. The molecule has 7 heteroatoms. The van der Waals surface area contributed by atoms with E-state index < -0.39 is 23.6 Å². The number of nitrogens with zero attached hydrogens (tertiary/aromatic N) is 2. The number of esters is 1. The second-order valence-electron chi connectivity index (χ2n) is 7.24. The minimum Gasteiger partial charge on any atom is -0.480 e. The number of hydrogen-bond donors (Lipinski definition) is 1. The van der Waals surface area contributed by atoms with Crippen molar-refractivity contribution in [2.75, 3.05) is 20.1 Å². The van der Waals surface area contributed by atoms with Gasteiger partial charge in [0.1, 0.15) is 11.6 Å². The molecule has 0 aromatic heterocycles. The van der Waals surface area contributed by atoms with E-state index >= 15 is 0 Å². The Kier molecular flexibility index (Phi) is 5.47. The molecule has 136 valence electrons. The lowest BCUT2D eigenvalue weighted by Crippen LogP contribution is -2.57. The quantitative estimate of drug-likeness (QED) is 0.827. The molecule has 1 aromatic rings. The molecule has 0 spiro atoms. The number of amides is 1. The van der Waals surface area contributed by atoms with Crippen LogP contribution < -0.4 is 0 Å². The van der Waals surface area contributed by atoms with Crippen LogP contribution in [0.4, 0.5) is 0 Å². The molecule has 0 saturated carbocycles. The Bertz CT molecular complexity index is 663. The van der Waals surface area contributed by atoms with Gasteiger partial charge < -0.3 is 14.7 Å². The lowest BCUT2D eigenvalue weighted by molar-refractivity contribution is -0.151. The summed E-state index contributed by atoms with van der Waals surface area (Å²) in [6.45, 7) is 5.93. The fourth-order valence-corrected chi connectivity index (χ4v) is 2.60. The molecule has 1 saturated heterocycles. The highest BCUT2D eigenvalue weighted by Crippen LogP contribution is 2.16. The molecule has 1 aliphatic heterocycles. The summed E-state index contributed by atoms with van der Waals surface area (Å²) in [6.07, 6.45) is 0. The average Bonchev–Trinajstić information content (AvgIpc) is 2.48. The largest absolute Gasteiger partial charge is 0.480 e. The summed E-state index contributed by atoms with van der Waals surface area (Å²) in [4.78, 5) is 38.5. The number of carbonyl (C=O) groups is 3. The lowest BCUT2D eigenvalue weighted by Gasteiger charge is -2.36. The molecule has 0 aliphatic carbocycles. The minimum absolute atomic E-state index is 0.0763. The molecule has 1 fully saturated rings. The Morgan fingerprint density at radius 3 is 2.36 bits per heavy atom. The molecule has 1 N–H and O–H groups in total. The molecule has 1 aliphatic rings. The van der Waals surface area contributed by atoms with E-state index in [1.807, 2.05) is 0 Å². The highest BCUT2D eigenvalue weighted by molar-refractivity contribution is 5.89. The predicted octanol–water partition coefficient (Wildman–Crippen LogP) is 1.37. The van der Waals surface area contributed by atoms with Crippen LogP contribution in [-0.2, 0) is 20.9 Å². The Morgan fingerprint density at radius 2 is 1.84 bits per heavy atom. The van der Waals surface area contributed by atoms with Gasteiger partial charge >= 0.3 is 11.9 Å². The number of aliphatic carboxylic acids is 1. The highest BCUT2D eigenvalue weighted by Gasteiger charge is 2.34. The smallest absolute Gasteiger partial charge is 0.338 e. The Morgan fingerprint density at radius 1 is 1.24 bits per heavy atom. The number of carboxylic acid groups (broad SMARTS) is 1. The van der Waals surface area contributed by atoms with Crippen LogP contribution in [0.2, 0.25) is 0 Å². The van der Waals surface area contributed by atoms with Crippen molar-refractivity contribution in [1.29, 1.82) is 0 Å². The van der Waals surface area contributed by atoms with E-state index in [-0.39, 0.29) is 19.0 Å². The van der Waals surface area contributed by atoms with Gasteiger partial charge in [-0.2, -0.15) is 0 Å². The molecule has 0 radical (unpaired) electrons. The van der Waals surface area contributed by atoms with E-state index in [0.29, 0.717) is 12.1 Å². The minimum atomic E-state index is -0.944. The number of hydrogen-bond acceptors (Lipinski definition) is 5. The third kappa shape index (κ3) is 5.03. The standard InChI is InChI=1S/C18H24N2O5/c1-18(2,3)25-17(24)13-7-5-12(6-8-13)9-20-10-14(16(22)23)19(4)11-15(20)21/h5-8,14H,9-11H2,1-4H3,(H,22,23). The number of benzene rings is 1. The zero-order valence-corrected chi connectivity index (χ0v) is 15.0. The first-order chi connectivity index (χ1) is 11.6. The SMILES string of the molecule is CN1CC(=O)N(Cc2ccc(C(=O)OC(C)(C)C)cc2)CC1C(=O)O.